The highest BCUT2D eigenvalue weighted by Gasteiger charge is 2.34. The van der Waals surface area contributed by atoms with E-state index in [1.54, 1.807) is 25.1 Å². The molecule has 34 heavy (non-hydrogen) atoms. The van der Waals surface area contributed by atoms with Crippen molar-refractivity contribution in [3.8, 4) is 11.5 Å². The fourth-order valence-electron chi connectivity index (χ4n) is 3.22. The quantitative estimate of drug-likeness (QED) is 0.433. The van der Waals surface area contributed by atoms with Crippen LogP contribution in [-0.2, 0) is 6.18 Å². The Bertz CT molecular complexity index is 1250. The number of carbonyl (C=O) groups excluding carboxylic acids is 2. The van der Waals surface area contributed by atoms with E-state index in [4.69, 9.17) is 21.1 Å². The van der Waals surface area contributed by atoms with Gasteiger partial charge in [-0.25, -0.2) is 9.97 Å². The largest absolute Gasteiger partial charge is 0.486 e. The van der Waals surface area contributed by atoms with E-state index in [1.165, 1.54) is 6.20 Å². The maximum absolute atomic E-state index is 13.0. The standard InChI is InChI=1S/C22H17ClF3N3O4S/c1-11(6-15(30)12-2-3-16-17(7-12)33-5-4-32-16)21-28-10-18(34-21)20(31)29-19-8-13(22(24,25)26)14(23)9-27-19/h2-3,7-11H,4-6H2,1H3,(H,27,29,31)/t11-/m0/s1. The average Bonchev–Trinajstić information content (AvgIpc) is 3.30. The summed E-state index contributed by atoms with van der Waals surface area (Å²) in [5.41, 5.74) is -0.629. The van der Waals surface area contributed by atoms with Gasteiger partial charge >= 0.3 is 6.18 Å². The molecule has 1 amide bonds. The first-order chi connectivity index (χ1) is 16.1. The number of Topliss-reactive ketones (excluding diaryl/α,β-unsaturated/α-hetero) is 1. The first kappa shape index (κ1) is 24.0. The van der Waals surface area contributed by atoms with Crippen molar-refractivity contribution in [3.05, 3.63) is 62.7 Å². The third-order valence-electron chi connectivity index (χ3n) is 4.93. The van der Waals surface area contributed by atoms with Crippen LogP contribution in [0.15, 0.2) is 36.7 Å². The highest BCUT2D eigenvalue weighted by molar-refractivity contribution is 7.13. The van der Waals surface area contributed by atoms with Crippen LogP contribution >= 0.6 is 22.9 Å². The van der Waals surface area contributed by atoms with Gasteiger partial charge in [0.2, 0.25) is 0 Å². The van der Waals surface area contributed by atoms with Crippen molar-refractivity contribution in [3.63, 3.8) is 0 Å². The number of halogens is 4. The van der Waals surface area contributed by atoms with Gasteiger partial charge in [0.25, 0.3) is 5.91 Å². The summed E-state index contributed by atoms with van der Waals surface area (Å²) in [5, 5.41) is 2.29. The highest BCUT2D eigenvalue weighted by Crippen LogP contribution is 2.36. The van der Waals surface area contributed by atoms with E-state index >= 15 is 0 Å². The topological polar surface area (TPSA) is 90.4 Å². The molecule has 2 aromatic heterocycles. The molecule has 7 nitrogen and oxygen atoms in total. The summed E-state index contributed by atoms with van der Waals surface area (Å²) in [6.45, 7) is 2.66. The molecule has 0 spiro atoms. The van der Waals surface area contributed by atoms with Gasteiger partial charge in [0.15, 0.2) is 17.3 Å². The molecular formula is C22H17ClF3N3O4S. The SMILES string of the molecule is C[C@@H](CC(=O)c1ccc2c(c1)OCCO2)c1ncc(C(=O)Nc2cc(C(F)(F)F)c(Cl)cn2)s1. The zero-order valence-corrected chi connectivity index (χ0v) is 19.2. The Morgan fingerprint density at radius 3 is 2.62 bits per heavy atom. The van der Waals surface area contributed by atoms with E-state index in [0.29, 0.717) is 41.4 Å². The van der Waals surface area contributed by atoms with Crippen LogP contribution in [0.2, 0.25) is 5.02 Å². The van der Waals surface area contributed by atoms with Crippen LogP contribution in [0.3, 0.4) is 0 Å². The van der Waals surface area contributed by atoms with Crippen LogP contribution in [0.4, 0.5) is 19.0 Å². The van der Waals surface area contributed by atoms with Gasteiger partial charge in [0.1, 0.15) is 23.9 Å². The van der Waals surface area contributed by atoms with Gasteiger partial charge < -0.3 is 14.8 Å². The van der Waals surface area contributed by atoms with E-state index in [1.807, 2.05) is 0 Å². The maximum atomic E-state index is 13.0. The lowest BCUT2D eigenvalue weighted by atomic mass is 10.00. The van der Waals surface area contributed by atoms with E-state index in [-0.39, 0.29) is 28.8 Å². The summed E-state index contributed by atoms with van der Waals surface area (Å²) in [7, 11) is 0. The molecule has 0 fully saturated rings. The Balaban J connectivity index is 1.41. The minimum Gasteiger partial charge on any atom is -0.486 e. The Labute approximate surface area is 200 Å². The summed E-state index contributed by atoms with van der Waals surface area (Å²) in [6, 6.07) is 5.65. The van der Waals surface area contributed by atoms with Crippen molar-refractivity contribution in [1.29, 1.82) is 0 Å². The van der Waals surface area contributed by atoms with Crippen molar-refractivity contribution >= 4 is 40.4 Å². The summed E-state index contributed by atoms with van der Waals surface area (Å²) in [4.78, 5) is 33.3. The number of amides is 1. The molecule has 3 heterocycles. The first-order valence-corrected chi connectivity index (χ1v) is 11.2. The molecule has 0 aliphatic carbocycles. The van der Waals surface area contributed by atoms with Crippen molar-refractivity contribution in [2.24, 2.45) is 0 Å². The van der Waals surface area contributed by atoms with Crippen LogP contribution in [0.25, 0.3) is 0 Å². The van der Waals surface area contributed by atoms with E-state index in [2.05, 4.69) is 15.3 Å². The van der Waals surface area contributed by atoms with Gasteiger partial charge in [-0.2, -0.15) is 13.2 Å². The number of fused-ring (bicyclic) bond motifs is 1. The molecule has 4 rings (SSSR count). The second-order valence-corrected chi connectivity index (χ2v) is 8.92. The summed E-state index contributed by atoms with van der Waals surface area (Å²) < 4.78 is 50.0. The zero-order valence-electron chi connectivity index (χ0n) is 17.6. The van der Waals surface area contributed by atoms with Crippen LogP contribution in [0.1, 0.15) is 49.9 Å². The Morgan fingerprint density at radius 2 is 1.88 bits per heavy atom. The number of nitrogens with one attached hydrogen (secondary N) is 1. The number of ketones is 1. The van der Waals surface area contributed by atoms with E-state index in [0.717, 1.165) is 17.5 Å². The number of aromatic nitrogens is 2. The molecule has 3 aromatic rings. The van der Waals surface area contributed by atoms with Crippen molar-refractivity contribution in [2.45, 2.75) is 25.4 Å². The number of rotatable bonds is 6. The number of nitrogens with zero attached hydrogens (tertiary/aromatic N) is 2. The summed E-state index contributed by atoms with van der Waals surface area (Å²) in [6.07, 6.45) is -2.41. The molecule has 1 N–H and O–H groups in total. The second kappa shape index (κ2) is 9.59. The minimum atomic E-state index is -4.68. The number of anilines is 1. The van der Waals surface area contributed by atoms with Crippen molar-refractivity contribution < 1.29 is 32.2 Å². The third kappa shape index (κ3) is 5.31. The summed E-state index contributed by atoms with van der Waals surface area (Å²) in [5.74, 6) is -0.282. The Morgan fingerprint density at radius 1 is 1.15 bits per heavy atom. The molecule has 1 aromatic carbocycles. The summed E-state index contributed by atoms with van der Waals surface area (Å²) >= 11 is 6.59. The van der Waals surface area contributed by atoms with Crippen molar-refractivity contribution in [2.75, 3.05) is 18.5 Å². The van der Waals surface area contributed by atoms with Gasteiger partial charge in [-0.15, -0.1) is 11.3 Å². The van der Waals surface area contributed by atoms with Gasteiger partial charge in [-0.1, -0.05) is 18.5 Å². The first-order valence-electron chi connectivity index (χ1n) is 10.0. The predicted octanol–water partition coefficient (Wildman–Crippen LogP) is 5.61. The maximum Gasteiger partial charge on any atom is 0.418 e. The van der Waals surface area contributed by atoms with Gasteiger partial charge in [-0.3, -0.25) is 9.59 Å². The van der Waals surface area contributed by atoms with Crippen LogP contribution in [-0.4, -0.2) is 34.9 Å². The third-order valence-corrected chi connectivity index (χ3v) is 6.46. The van der Waals surface area contributed by atoms with Crippen LogP contribution < -0.4 is 14.8 Å². The Kier molecular flexibility index (Phi) is 6.76. The van der Waals surface area contributed by atoms with Gasteiger partial charge in [0.05, 0.1) is 21.8 Å². The molecular weight excluding hydrogens is 495 g/mol. The number of thiazole rings is 1. The van der Waals surface area contributed by atoms with Gasteiger partial charge in [-0.05, 0) is 24.3 Å². The molecule has 1 atom stereocenters. The monoisotopic (exact) mass is 511 g/mol. The smallest absolute Gasteiger partial charge is 0.418 e. The fourth-order valence-corrected chi connectivity index (χ4v) is 4.30. The number of alkyl halides is 3. The average molecular weight is 512 g/mol. The number of pyridine rings is 1. The zero-order chi connectivity index (χ0) is 24.5. The van der Waals surface area contributed by atoms with Crippen LogP contribution in [0, 0.1) is 0 Å². The van der Waals surface area contributed by atoms with Crippen LogP contribution in [0.5, 0.6) is 11.5 Å². The number of hydrogen-bond acceptors (Lipinski definition) is 7. The molecule has 178 valence electrons. The molecule has 0 radical (unpaired) electrons. The fraction of sp³-hybridized carbons (Fsp3) is 0.273. The lowest BCUT2D eigenvalue weighted by Gasteiger charge is -2.18. The number of hydrogen-bond donors (Lipinski definition) is 1. The predicted molar refractivity (Wildman–Crippen MR) is 119 cm³/mol. The van der Waals surface area contributed by atoms with Gasteiger partial charge in [0, 0.05) is 24.1 Å². The highest BCUT2D eigenvalue weighted by atomic mass is 35.5. The number of ether oxygens (including phenoxy) is 2. The number of benzene rings is 1. The molecule has 12 heteroatoms. The molecule has 0 bridgehead atoms. The minimum absolute atomic E-state index is 0.129. The molecule has 1 aliphatic rings. The van der Waals surface area contributed by atoms with E-state index in [9.17, 15) is 22.8 Å². The van der Waals surface area contributed by atoms with Crippen molar-refractivity contribution in [1.82, 2.24) is 9.97 Å². The molecule has 0 saturated heterocycles. The normalized spacial score (nSPS) is 13.9. The molecule has 0 unspecified atom stereocenters. The second-order valence-electron chi connectivity index (χ2n) is 7.45. The van der Waals surface area contributed by atoms with E-state index < -0.39 is 22.7 Å². The number of carbonyl (C=O) groups is 2. The molecule has 0 saturated carbocycles. The Hall–Kier alpha value is -3.18. The lowest BCUT2D eigenvalue weighted by Crippen LogP contribution is -2.16. The molecule has 1 aliphatic heterocycles. The lowest BCUT2D eigenvalue weighted by molar-refractivity contribution is -0.137.